The largest absolute Gasteiger partial charge is 0.259 e. The van der Waals surface area contributed by atoms with Crippen molar-refractivity contribution in [1.82, 2.24) is 0 Å². The second kappa shape index (κ2) is 6.56. The van der Waals surface area contributed by atoms with Gasteiger partial charge in [0, 0.05) is 28.2 Å². The molecule has 0 amide bonds. The van der Waals surface area contributed by atoms with Gasteiger partial charge in [0.15, 0.2) is 0 Å². The fourth-order valence-corrected chi connectivity index (χ4v) is 3.32. The summed E-state index contributed by atoms with van der Waals surface area (Å²) in [6, 6.07) is 8.37. The fourth-order valence-electron chi connectivity index (χ4n) is 1.96. The summed E-state index contributed by atoms with van der Waals surface area (Å²) in [5.74, 6) is 0.558. The molecule has 1 rings (SSSR count). The van der Waals surface area contributed by atoms with E-state index in [1.807, 2.05) is 20.8 Å². The predicted molar refractivity (Wildman–Crippen MR) is 72.1 cm³/mol. The van der Waals surface area contributed by atoms with E-state index in [2.05, 4.69) is 24.3 Å². The summed E-state index contributed by atoms with van der Waals surface area (Å²) in [5.41, 5.74) is 3.51. The molecule has 0 N–H and O–H groups in total. The van der Waals surface area contributed by atoms with Gasteiger partial charge in [0.1, 0.15) is 0 Å². The molecule has 0 spiro atoms. The molecule has 1 aromatic carbocycles. The summed E-state index contributed by atoms with van der Waals surface area (Å²) in [4.78, 5) is 0. The van der Waals surface area contributed by atoms with E-state index < -0.39 is 10.8 Å². The molecule has 0 saturated carbocycles. The normalized spacial score (nSPS) is 14.0. The minimum Gasteiger partial charge on any atom is -0.259 e. The molecular formula is C14H19NOS. The Morgan fingerprint density at radius 2 is 1.88 bits per heavy atom. The molecular weight excluding hydrogens is 230 g/mol. The summed E-state index contributed by atoms with van der Waals surface area (Å²) >= 11 is 0. The average molecular weight is 249 g/mol. The maximum Gasteiger partial charge on any atom is 0.0634 e. The van der Waals surface area contributed by atoms with E-state index in [0.717, 1.165) is 12.0 Å². The van der Waals surface area contributed by atoms with Gasteiger partial charge in [-0.05, 0) is 25.8 Å². The number of nitriles is 1. The van der Waals surface area contributed by atoms with Gasteiger partial charge in [0.25, 0.3) is 0 Å². The Hall–Kier alpha value is -1.14. The van der Waals surface area contributed by atoms with Gasteiger partial charge in [0.05, 0.1) is 6.07 Å². The molecule has 0 heterocycles. The van der Waals surface area contributed by atoms with Crippen molar-refractivity contribution in [2.75, 3.05) is 0 Å². The van der Waals surface area contributed by atoms with Gasteiger partial charge in [-0.25, -0.2) is 0 Å². The van der Waals surface area contributed by atoms with E-state index in [-0.39, 0.29) is 5.25 Å². The minimum atomic E-state index is -0.948. The summed E-state index contributed by atoms with van der Waals surface area (Å²) in [6.45, 7) is 6.08. The highest BCUT2D eigenvalue weighted by molar-refractivity contribution is 7.84. The van der Waals surface area contributed by atoms with Gasteiger partial charge in [0.2, 0.25) is 0 Å². The molecule has 0 aromatic heterocycles. The fraction of sp³-hybridized carbons (Fsp3) is 0.500. The molecule has 0 aliphatic heterocycles. The first-order valence-corrected chi connectivity index (χ1v) is 7.26. The van der Waals surface area contributed by atoms with Crippen LogP contribution in [0.15, 0.2) is 18.2 Å². The van der Waals surface area contributed by atoms with Crippen molar-refractivity contribution in [2.45, 2.75) is 44.6 Å². The maximum atomic E-state index is 12.1. The molecule has 2 nitrogen and oxygen atoms in total. The lowest BCUT2D eigenvalue weighted by atomic mass is 10.1. The molecule has 0 fully saturated rings. The Morgan fingerprint density at radius 3 is 2.35 bits per heavy atom. The zero-order chi connectivity index (χ0) is 12.8. The lowest BCUT2D eigenvalue weighted by Gasteiger charge is -2.11. The predicted octanol–water partition coefficient (Wildman–Crippen LogP) is 3.24. The van der Waals surface area contributed by atoms with E-state index in [1.54, 1.807) is 0 Å². The summed E-state index contributed by atoms with van der Waals surface area (Å²) in [6.07, 6.45) is 1.18. The zero-order valence-electron chi connectivity index (χ0n) is 10.7. The topological polar surface area (TPSA) is 40.9 Å². The van der Waals surface area contributed by atoms with Gasteiger partial charge < -0.3 is 0 Å². The number of benzene rings is 1. The second-order valence-corrected chi connectivity index (χ2v) is 6.13. The van der Waals surface area contributed by atoms with Crippen LogP contribution in [0.5, 0.6) is 0 Å². The van der Waals surface area contributed by atoms with E-state index in [1.165, 1.54) is 11.1 Å². The molecule has 0 aliphatic rings. The monoisotopic (exact) mass is 249 g/mol. The summed E-state index contributed by atoms with van der Waals surface area (Å²) in [7, 11) is -0.948. The van der Waals surface area contributed by atoms with E-state index >= 15 is 0 Å². The van der Waals surface area contributed by atoms with Crippen molar-refractivity contribution >= 4 is 10.8 Å². The zero-order valence-corrected chi connectivity index (χ0v) is 11.5. The Labute approximate surface area is 106 Å². The number of hydrogen-bond donors (Lipinski definition) is 0. The number of aryl methyl sites for hydroxylation is 2. The maximum absolute atomic E-state index is 12.1. The van der Waals surface area contributed by atoms with Gasteiger partial charge in [-0.2, -0.15) is 5.26 Å². The first kappa shape index (κ1) is 13.9. The SMILES string of the molecule is CCC(CC#N)S(=O)Cc1cc(C)cc(C)c1. The highest BCUT2D eigenvalue weighted by Crippen LogP contribution is 2.15. The Kier molecular flexibility index (Phi) is 5.37. The van der Waals surface area contributed by atoms with Gasteiger partial charge in [-0.1, -0.05) is 36.2 Å². The minimum absolute atomic E-state index is 0.000758. The third-order valence-electron chi connectivity index (χ3n) is 2.74. The first-order valence-electron chi connectivity index (χ1n) is 5.88. The van der Waals surface area contributed by atoms with Crippen molar-refractivity contribution in [2.24, 2.45) is 0 Å². The molecule has 1 aromatic rings. The lowest BCUT2D eigenvalue weighted by molar-refractivity contribution is 0.664. The van der Waals surface area contributed by atoms with E-state index in [9.17, 15) is 4.21 Å². The number of rotatable bonds is 5. The van der Waals surface area contributed by atoms with Gasteiger partial charge >= 0.3 is 0 Å². The van der Waals surface area contributed by atoms with Gasteiger partial charge in [-0.3, -0.25) is 4.21 Å². The molecule has 2 unspecified atom stereocenters. The van der Waals surface area contributed by atoms with Crippen LogP contribution in [-0.2, 0) is 16.6 Å². The van der Waals surface area contributed by atoms with Crippen LogP contribution in [-0.4, -0.2) is 9.46 Å². The molecule has 0 aliphatic carbocycles. The van der Waals surface area contributed by atoms with Crippen molar-refractivity contribution in [3.05, 3.63) is 34.9 Å². The average Bonchev–Trinajstić information content (AvgIpc) is 2.24. The molecule has 17 heavy (non-hydrogen) atoms. The van der Waals surface area contributed by atoms with Crippen LogP contribution in [0, 0.1) is 25.2 Å². The van der Waals surface area contributed by atoms with Crippen molar-refractivity contribution < 1.29 is 4.21 Å². The molecule has 2 atom stereocenters. The van der Waals surface area contributed by atoms with Crippen LogP contribution in [0.3, 0.4) is 0 Å². The number of nitrogens with zero attached hydrogens (tertiary/aromatic N) is 1. The quantitative estimate of drug-likeness (QED) is 0.803. The molecule has 0 radical (unpaired) electrons. The summed E-state index contributed by atoms with van der Waals surface area (Å²) < 4.78 is 12.1. The van der Waals surface area contributed by atoms with Crippen LogP contribution in [0.1, 0.15) is 36.5 Å². The Morgan fingerprint density at radius 1 is 1.29 bits per heavy atom. The number of hydrogen-bond acceptors (Lipinski definition) is 2. The van der Waals surface area contributed by atoms with Crippen molar-refractivity contribution in [3.8, 4) is 6.07 Å². The van der Waals surface area contributed by atoms with Crippen LogP contribution in [0.2, 0.25) is 0 Å². The third-order valence-corrected chi connectivity index (χ3v) is 4.60. The lowest BCUT2D eigenvalue weighted by Crippen LogP contribution is -2.15. The highest BCUT2D eigenvalue weighted by atomic mass is 32.2. The van der Waals surface area contributed by atoms with Crippen LogP contribution in [0.25, 0.3) is 0 Å². The molecule has 0 saturated heterocycles. The Balaban J connectivity index is 2.77. The Bertz CT molecular complexity index is 428. The van der Waals surface area contributed by atoms with E-state index in [0.29, 0.717) is 12.2 Å². The van der Waals surface area contributed by atoms with Crippen LogP contribution >= 0.6 is 0 Å². The summed E-state index contributed by atoms with van der Waals surface area (Å²) in [5, 5.41) is 8.69. The smallest absolute Gasteiger partial charge is 0.0634 e. The first-order chi connectivity index (χ1) is 8.06. The highest BCUT2D eigenvalue weighted by Gasteiger charge is 2.14. The van der Waals surface area contributed by atoms with Crippen LogP contribution in [0.4, 0.5) is 0 Å². The second-order valence-electron chi connectivity index (χ2n) is 4.41. The third kappa shape index (κ3) is 4.32. The molecule has 3 heteroatoms. The van der Waals surface area contributed by atoms with Gasteiger partial charge in [-0.15, -0.1) is 0 Å². The van der Waals surface area contributed by atoms with Crippen molar-refractivity contribution in [3.63, 3.8) is 0 Å². The standard InChI is InChI=1S/C14H19NOS/c1-4-14(5-6-15)17(16)10-13-8-11(2)7-12(3)9-13/h7-9,14H,4-5,10H2,1-3H3. The van der Waals surface area contributed by atoms with Crippen LogP contribution < -0.4 is 0 Å². The van der Waals surface area contributed by atoms with E-state index in [4.69, 9.17) is 5.26 Å². The van der Waals surface area contributed by atoms with Crippen molar-refractivity contribution in [1.29, 1.82) is 5.26 Å². The molecule has 92 valence electrons. The molecule has 0 bridgehead atoms.